The maximum absolute atomic E-state index is 13.1. The van der Waals surface area contributed by atoms with Crippen molar-refractivity contribution in [3.05, 3.63) is 90.0 Å². The number of nitrogens with one attached hydrogen (secondary N) is 1. The number of likely N-dealkylation sites (tertiary alicyclic amines) is 1. The summed E-state index contributed by atoms with van der Waals surface area (Å²) >= 11 is 0. The quantitative estimate of drug-likeness (QED) is 0.458. The van der Waals surface area contributed by atoms with E-state index >= 15 is 0 Å². The summed E-state index contributed by atoms with van der Waals surface area (Å²) in [6.07, 6.45) is 0.193. The van der Waals surface area contributed by atoms with Gasteiger partial charge in [-0.3, -0.25) is 9.59 Å². The molecule has 0 bridgehead atoms. The Morgan fingerprint density at radius 3 is 2.56 bits per heavy atom. The van der Waals surface area contributed by atoms with Crippen molar-refractivity contribution in [3.63, 3.8) is 0 Å². The minimum Gasteiger partial charge on any atom is -0.338 e. The Labute approximate surface area is 197 Å². The normalized spacial score (nSPS) is 15.5. The molecule has 0 spiro atoms. The third kappa shape index (κ3) is 4.59. The maximum Gasteiger partial charge on any atom is 0.260 e. The first-order chi connectivity index (χ1) is 16.6. The number of nitrogens with zero attached hydrogens (tertiary/aromatic N) is 3. The number of benzene rings is 3. The van der Waals surface area contributed by atoms with Crippen molar-refractivity contribution in [3.8, 4) is 22.8 Å². The molecule has 1 saturated heterocycles. The Kier molecular flexibility index (Phi) is 5.91. The lowest BCUT2D eigenvalue weighted by atomic mass is 10.1. The SMILES string of the molecule is Cc1ccc(CN2CC(C(=O)Nc3ccccc3-c3nc(-c4ccccc4)no3)CC2=O)cc1. The predicted molar refractivity (Wildman–Crippen MR) is 129 cm³/mol. The topological polar surface area (TPSA) is 88.3 Å². The fourth-order valence-electron chi connectivity index (χ4n) is 4.07. The van der Waals surface area contributed by atoms with Crippen molar-refractivity contribution in [1.82, 2.24) is 15.0 Å². The van der Waals surface area contributed by atoms with Crippen molar-refractivity contribution in [2.75, 3.05) is 11.9 Å². The average Bonchev–Trinajstić information content (AvgIpc) is 3.49. The summed E-state index contributed by atoms with van der Waals surface area (Å²) in [6.45, 7) is 2.92. The number of para-hydroxylation sites is 1. The second-order valence-corrected chi connectivity index (χ2v) is 8.48. The molecule has 2 heterocycles. The van der Waals surface area contributed by atoms with E-state index < -0.39 is 5.92 Å². The lowest BCUT2D eigenvalue weighted by Gasteiger charge is -2.17. The largest absolute Gasteiger partial charge is 0.338 e. The van der Waals surface area contributed by atoms with Crippen molar-refractivity contribution in [2.45, 2.75) is 19.9 Å². The smallest absolute Gasteiger partial charge is 0.260 e. The van der Waals surface area contributed by atoms with Crippen molar-refractivity contribution < 1.29 is 14.1 Å². The number of aromatic nitrogens is 2. The highest BCUT2D eigenvalue weighted by Crippen LogP contribution is 2.30. The molecule has 7 heteroatoms. The second kappa shape index (κ2) is 9.31. The molecule has 4 aromatic rings. The summed E-state index contributed by atoms with van der Waals surface area (Å²) in [6, 6.07) is 24.9. The number of amides is 2. The van der Waals surface area contributed by atoms with Gasteiger partial charge >= 0.3 is 0 Å². The summed E-state index contributed by atoms with van der Waals surface area (Å²) in [5.74, 6) is 0.158. The van der Waals surface area contributed by atoms with Gasteiger partial charge in [-0.1, -0.05) is 77.5 Å². The Bertz CT molecular complexity index is 1320. The van der Waals surface area contributed by atoms with Crippen LogP contribution in [0.2, 0.25) is 0 Å². The molecular weight excluding hydrogens is 428 g/mol. The van der Waals surface area contributed by atoms with E-state index in [4.69, 9.17) is 4.52 Å². The number of carbonyl (C=O) groups is 2. The molecule has 1 N–H and O–H groups in total. The molecule has 0 saturated carbocycles. The lowest BCUT2D eigenvalue weighted by molar-refractivity contribution is -0.128. The van der Waals surface area contributed by atoms with E-state index in [0.29, 0.717) is 36.1 Å². The Balaban J connectivity index is 1.29. The highest BCUT2D eigenvalue weighted by Gasteiger charge is 2.34. The standard InChI is InChI=1S/C27H24N4O3/c1-18-11-13-19(14-12-18)16-31-17-21(15-24(31)32)26(33)28-23-10-6-5-9-22(23)27-29-25(30-34-27)20-7-3-2-4-8-20/h2-14,21H,15-17H2,1H3,(H,28,33). The van der Waals surface area contributed by atoms with E-state index in [1.54, 1.807) is 11.0 Å². The van der Waals surface area contributed by atoms with Crippen molar-refractivity contribution >= 4 is 17.5 Å². The Morgan fingerprint density at radius 1 is 1.03 bits per heavy atom. The highest BCUT2D eigenvalue weighted by atomic mass is 16.5. The van der Waals surface area contributed by atoms with Crippen LogP contribution in [-0.4, -0.2) is 33.4 Å². The molecular formula is C27H24N4O3. The number of rotatable bonds is 6. The van der Waals surface area contributed by atoms with Gasteiger partial charge in [0.2, 0.25) is 17.6 Å². The third-order valence-electron chi connectivity index (χ3n) is 5.95. The number of aryl methyl sites for hydroxylation is 1. The predicted octanol–water partition coefficient (Wildman–Crippen LogP) is 4.70. The average molecular weight is 453 g/mol. The van der Waals surface area contributed by atoms with Crippen LogP contribution >= 0.6 is 0 Å². The molecule has 1 aromatic heterocycles. The van der Waals surface area contributed by atoms with Crippen LogP contribution in [0.5, 0.6) is 0 Å². The van der Waals surface area contributed by atoms with Crippen LogP contribution in [0.15, 0.2) is 83.4 Å². The maximum atomic E-state index is 13.1. The van der Waals surface area contributed by atoms with Crippen LogP contribution in [0.1, 0.15) is 17.5 Å². The molecule has 5 rings (SSSR count). The van der Waals surface area contributed by atoms with Crippen LogP contribution in [0.4, 0.5) is 5.69 Å². The van der Waals surface area contributed by atoms with Gasteiger partial charge in [-0.15, -0.1) is 0 Å². The highest BCUT2D eigenvalue weighted by molar-refractivity contribution is 5.99. The van der Waals surface area contributed by atoms with Gasteiger partial charge in [0.1, 0.15) is 0 Å². The molecule has 7 nitrogen and oxygen atoms in total. The molecule has 3 aromatic carbocycles. The van der Waals surface area contributed by atoms with Crippen molar-refractivity contribution in [1.29, 1.82) is 0 Å². The Morgan fingerprint density at radius 2 is 1.76 bits per heavy atom. The summed E-state index contributed by atoms with van der Waals surface area (Å²) in [7, 11) is 0. The van der Waals surface area contributed by atoms with E-state index in [-0.39, 0.29) is 18.2 Å². The zero-order valence-corrected chi connectivity index (χ0v) is 18.8. The van der Waals surface area contributed by atoms with Gasteiger partial charge in [-0.05, 0) is 24.6 Å². The van der Waals surface area contributed by atoms with Crippen LogP contribution in [0, 0.1) is 12.8 Å². The van der Waals surface area contributed by atoms with Gasteiger partial charge in [-0.25, -0.2) is 0 Å². The van der Waals surface area contributed by atoms with E-state index in [1.165, 1.54) is 5.56 Å². The summed E-state index contributed by atoms with van der Waals surface area (Å²) < 4.78 is 5.49. The van der Waals surface area contributed by atoms with Crippen molar-refractivity contribution in [2.24, 2.45) is 5.92 Å². The molecule has 1 atom stereocenters. The lowest BCUT2D eigenvalue weighted by Crippen LogP contribution is -2.28. The van der Waals surface area contributed by atoms with E-state index in [0.717, 1.165) is 11.1 Å². The first-order valence-electron chi connectivity index (χ1n) is 11.2. The molecule has 1 aliphatic rings. The number of hydrogen-bond donors (Lipinski definition) is 1. The summed E-state index contributed by atoms with van der Waals surface area (Å²) in [5, 5.41) is 7.04. The molecule has 34 heavy (non-hydrogen) atoms. The van der Waals surface area contributed by atoms with Crippen LogP contribution in [0.3, 0.4) is 0 Å². The minimum atomic E-state index is -0.423. The molecule has 1 aliphatic heterocycles. The van der Waals surface area contributed by atoms with Gasteiger partial charge in [-0.2, -0.15) is 4.98 Å². The molecule has 0 aliphatic carbocycles. The van der Waals surface area contributed by atoms with Crippen LogP contribution in [-0.2, 0) is 16.1 Å². The van der Waals surface area contributed by atoms with E-state index in [9.17, 15) is 9.59 Å². The second-order valence-electron chi connectivity index (χ2n) is 8.48. The molecule has 170 valence electrons. The van der Waals surface area contributed by atoms with Gasteiger partial charge in [0.05, 0.1) is 17.2 Å². The van der Waals surface area contributed by atoms with E-state index in [1.807, 2.05) is 79.7 Å². The third-order valence-corrected chi connectivity index (χ3v) is 5.95. The summed E-state index contributed by atoms with van der Waals surface area (Å²) in [5.41, 5.74) is 4.27. The van der Waals surface area contributed by atoms with Crippen LogP contribution in [0.25, 0.3) is 22.8 Å². The first-order valence-corrected chi connectivity index (χ1v) is 11.2. The number of anilines is 1. The monoisotopic (exact) mass is 452 g/mol. The van der Waals surface area contributed by atoms with E-state index in [2.05, 4.69) is 15.5 Å². The molecule has 1 unspecified atom stereocenters. The van der Waals surface area contributed by atoms with Gasteiger partial charge in [0, 0.05) is 25.1 Å². The molecule has 0 radical (unpaired) electrons. The van der Waals surface area contributed by atoms with Gasteiger partial charge in [0.25, 0.3) is 5.89 Å². The molecule has 2 amide bonds. The fraction of sp³-hybridized carbons (Fsp3) is 0.185. The zero-order valence-electron chi connectivity index (χ0n) is 18.8. The summed E-state index contributed by atoms with van der Waals surface area (Å²) in [4.78, 5) is 31.9. The van der Waals surface area contributed by atoms with Gasteiger partial charge < -0.3 is 14.7 Å². The zero-order chi connectivity index (χ0) is 23.5. The Hall–Kier alpha value is -4.26. The number of hydrogen-bond acceptors (Lipinski definition) is 5. The number of carbonyl (C=O) groups excluding carboxylic acids is 2. The fourth-order valence-corrected chi connectivity index (χ4v) is 4.07. The first kappa shape index (κ1) is 21.6. The van der Waals surface area contributed by atoms with Gasteiger partial charge in [0.15, 0.2) is 0 Å². The minimum absolute atomic E-state index is 0.0154. The van der Waals surface area contributed by atoms with Crippen LogP contribution < -0.4 is 5.32 Å². The molecule has 1 fully saturated rings.